The number of pyridine rings is 1. The first-order valence-corrected chi connectivity index (χ1v) is 13.0. The highest BCUT2D eigenvalue weighted by atomic mass is 35.5. The zero-order chi connectivity index (χ0) is 25.6. The van der Waals surface area contributed by atoms with Gasteiger partial charge in [0.05, 0.1) is 16.2 Å². The second-order valence-electron chi connectivity index (χ2n) is 8.89. The molecule has 2 aromatic carbocycles. The van der Waals surface area contributed by atoms with E-state index < -0.39 is 0 Å². The molecule has 3 heterocycles. The summed E-state index contributed by atoms with van der Waals surface area (Å²) >= 11 is 6.50. The van der Waals surface area contributed by atoms with E-state index in [-0.39, 0.29) is 0 Å². The standard InChI is InChI=1S/C30H30ClN5O/c1-3-35(4-2)15-16-36-14-12-24(20-36)22-8-10-28-25(17-22)19-33-30(34-28)23-9-11-29(27(31)18-23)37-21-26-7-5-6-13-32-26/h5-14,17-20H,3-4,15-16,21H2,1-2H3. The van der Waals surface area contributed by atoms with E-state index in [0.717, 1.165) is 53.9 Å². The van der Waals surface area contributed by atoms with Crippen molar-refractivity contribution < 1.29 is 4.74 Å². The molecule has 3 aromatic heterocycles. The molecule has 0 spiro atoms. The molecule has 7 heteroatoms. The van der Waals surface area contributed by atoms with E-state index in [2.05, 4.69) is 69.9 Å². The van der Waals surface area contributed by atoms with Crippen molar-refractivity contribution in [3.8, 4) is 28.3 Å². The van der Waals surface area contributed by atoms with Gasteiger partial charge in [-0.3, -0.25) is 4.98 Å². The molecule has 0 fully saturated rings. The highest BCUT2D eigenvalue weighted by Crippen LogP contribution is 2.31. The molecule has 0 atom stereocenters. The zero-order valence-electron chi connectivity index (χ0n) is 21.1. The molecule has 0 amide bonds. The first-order chi connectivity index (χ1) is 18.1. The minimum Gasteiger partial charge on any atom is -0.486 e. The number of aromatic nitrogens is 4. The first kappa shape index (κ1) is 24.9. The van der Waals surface area contributed by atoms with Crippen LogP contribution in [0.5, 0.6) is 5.75 Å². The Labute approximate surface area is 222 Å². The summed E-state index contributed by atoms with van der Waals surface area (Å²) in [6, 6.07) is 19.8. The van der Waals surface area contributed by atoms with Crippen LogP contribution in [0.2, 0.25) is 5.02 Å². The van der Waals surface area contributed by atoms with Crippen molar-refractivity contribution in [1.82, 2.24) is 24.4 Å². The highest BCUT2D eigenvalue weighted by Gasteiger charge is 2.10. The Morgan fingerprint density at radius 2 is 1.78 bits per heavy atom. The minimum atomic E-state index is 0.355. The first-order valence-electron chi connectivity index (χ1n) is 12.6. The number of benzene rings is 2. The van der Waals surface area contributed by atoms with E-state index in [1.165, 1.54) is 5.56 Å². The zero-order valence-corrected chi connectivity index (χ0v) is 21.9. The number of fused-ring (bicyclic) bond motifs is 1. The van der Waals surface area contributed by atoms with Crippen molar-refractivity contribution in [2.24, 2.45) is 0 Å². The van der Waals surface area contributed by atoms with Gasteiger partial charge in [0.1, 0.15) is 12.4 Å². The summed E-state index contributed by atoms with van der Waals surface area (Å²) < 4.78 is 8.09. The van der Waals surface area contributed by atoms with Crippen LogP contribution in [-0.2, 0) is 13.2 Å². The molecular weight excluding hydrogens is 482 g/mol. The largest absolute Gasteiger partial charge is 0.486 e. The smallest absolute Gasteiger partial charge is 0.159 e. The van der Waals surface area contributed by atoms with Gasteiger partial charge in [0.2, 0.25) is 0 Å². The number of nitrogens with zero attached hydrogens (tertiary/aromatic N) is 5. The van der Waals surface area contributed by atoms with E-state index in [9.17, 15) is 0 Å². The second-order valence-corrected chi connectivity index (χ2v) is 9.29. The topological polar surface area (TPSA) is 56.1 Å². The maximum absolute atomic E-state index is 6.50. The highest BCUT2D eigenvalue weighted by molar-refractivity contribution is 6.32. The van der Waals surface area contributed by atoms with Gasteiger partial charge >= 0.3 is 0 Å². The number of rotatable bonds is 10. The van der Waals surface area contributed by atoms with E-state index in [1.807, 2.05) is 42.6 Å². The van der Waals surface area contributed by atoms with Gasteiger partial charge in [-0.25, -0.2) is 9.97 Å². The quantitative estimate of drug-likeness (QED) is 0.208. The van der Waals surface area contributed by atoms with Crippen LogP contribution in [0.1, 0.15) is 19.5 Å². The Bertz CT molecular complexity index is 1480. The molecule has 0 aliphatic carbocycles. The molecular formula is C30H30ClN5O. The summed E-state index contributed by atoms with van der Waals surface area (Å²) in [5.41, 5.74) is 4.92. The van der Waals surface area contributed by atoms with Crippen LogP contribution in [-0.4, -0.2) is 44.1 Å². The van der Waals surface area contributed by atoms with E-state index in [4.69, 9.17) is 21.3 Å². The van der Waals surface area contributed by atoms with E-state index >= 15 is 0 Å². The predicted molar refractivity (Wildman–Crippen MR) is 150 cm³/mol. The summed E-state index contributed by atoms with van der Waals surface area (Å²) in [4.78, 5) is 16.1. The molecule has 0 saturated carbocycles. The summed E-state index contributed by atoms with van der Waals surface area (Å²) in [6.45, 7) is 8.95. The van der Waals surface area contributed by atoms with Gasteiger partial charge in [0.25, 0.3) is 0 Å². The molecule has 0 N–H and O–H groups in total. The van der Waals surface area contributed by atoms with Gasteiger partial charge in [-0.1, -0.05) is 37.6 Å². The summed E-state index contributed by atoms with van der Waals surface area (Å²) in [5.74, 6) is 1.23. The predicted octanol–water partition coefficient (Wildman–Crippen LogP) is 6.73. The van der Waals surface area contributed by atoms with Crippen molar-refractivity contribution in [1.29, 1.82) is 0 Å². The SMILES string of the molecule is CCN(CC)CCn1ccc(-c2ccc3nc(-c4ccc(OCc5ccccn5)c(Cl)c4)ncc3c2)c1. The van der Waals surface area contributed by atoms with Gasteiger partial charge < -0.3 is 14.2 Å². The van der Waals surface area contributed by atoms with Crippen LogP contribution < -0.4 is 4.74 Å². The lowest BCUT2D eigenvalue weighted by Crippen LogP contribution is -2.26. The van der Waals surface area contributed by atoms with Crippen molar-refractivity contribution >= 4 is 22.5 Å². The van der Waals surface area contributed by atoms with Gasteiger partial charge in [-0.05, 0) is 72.7 Å². The second kappa shape index (κ2) is 11.5. The van der Waals surface area contributed by atoms with Crippen LogP contribution in [0.15, 0.2) is 85.5 Å². The maximum atomic E-state index is 6.50. The Hall–Kier alpha value is -3.74. The molecule has 37 heavy (non-hydrogen) atoms. The number of likely N-dealkylation sites (N-methyl/N-ethyl adjacent to an activating group) is 1. The maximum Gasteiger partial charge on any atom is 0.159 e. The number of hydrogen-bond acceptors (Lipinski definition) is 5. The van der Waals surface area contributed by atoms with Crippen LogP contribution >= 0.6 is 11.6 Å². The average molecular weight is 512 g/mol. The molecule has 188 valence electrons. The number of hydrogen-bond donors (Lipinski definition) is 0. The molecule has 5 rings (SSSR count). The van der Waals surface area contributed by atoms with Crippen molar-refractivity contribution in [2.45, 2.75) is 27.0 Å². The Kier molecular flexibility index (Phi) is 7.78. The minimum absolute atomic E-state index is 0.355. The molecule has 0 radical (unpaired) electrons. The normalized spacial score (nSPS) is 11.4. The van der Waals surface area contributed by atoms with Crippen molar-refractivity contribution in [3.63, 3.8) is 0 Å². The lowest BCUT2D eigenvalue weighted by molar-refractivity contribution is 0.291. The molecule has 0 saturated heterocycles. The van der Waals surface area contributed by atoms with Crippen LogP contribution in [0.4, 0.5) is 0 Å². The monoisotopic (exact) mass is 511 g/mol. The molecule has 6 nitrogen and oxygen atoms in total. The lowest BCUT2D eigenvalue weighted by atomic mass is 10.1. The van der Waals surface area contributed by atoms with Crippen molar-refractivity contribution in [3.05, 3.63) is 96.2 Å². The summed E-state index contributed by atoms with van der Waals surface area (Å²) in [6.07, 6.45) is 7.97. The third-order valence-electron chi connectivity index (χ3n) is 6.52. The third kappa shape index (κ3) is 5.98. The van der Waals surface area contributed by atoms with Gasteiger partial charge in [0.15, 0.2) is 5.82 Å². The molecule has 0 aliphatic heterocycles. The number of ether oxygens (including phenoxy) is 1. The number of halogens is 1. The van der Waals surface area contributed by atoms with Crippen LogP contribution in [0, 0.1) is 0 Å². The Morgan fingerprint density at radius 3 is 2.57 bits per heavy atom. The van der Waals surface area contributed by atoms with Gasteiger partial charge in [0, 0.05) is 48.8 Å². The Morgan fingerprint density at radius 1 is 0.919 bits per heavy atom. The Balaban J connectivity index is 1.30. The van der Waals surface area contributed by atoms with E-state index in [1.54, 1.807) is 6.20 Å². The average Bonchev–Trinajstić information content (AvgIpc) is 3.42. The summed E-state index contributed by atoms with van der Waals surface area (Å²) in [5, 5.41) is 1.51. The molecule has 0 bridgehead atoms. The molecule has 0 aliphatic rings. The summed E-state index contributed by atoms with van der Waals surface area (Å²) in [7, 11) is 0. The molecule has 0 unspecified atom stereocenters. The third-order valence-corrected chi connectivity index (χ3v) is 6.82. The van der Waals surface area contributed by atoms with Gasteiger partial charge in [-0.2, -0.15) is 0 Å². The fourth-order valence-electron chi connectivity index (χ4n) is 4.29. The van der Waals surface area contributed by atoms with Crippen LogP contribution in [0.3, 0.4) is 0 Å². The fraction of sp³-hybridized carbons (Fsp3) is 0.233. The van der Waals surface area contributed by atoms with Crippen LogP contribution in [0.25, 0.3) is 33.4 Å². The van der Waals surface area contributed by atoms with Gasteiger partial charge in [-0.15, -0.1) is 0 Å². The van der Waals surface area contributed by atoms with Crippen molar-refractivity contribution in [2.75, 3.05) is 19.6 Å². The van der Waals surface area contributed by atoms with E-state index in [0.29, 0.717) is 23.2 Å². The fourth-order valence-corrected chi connectivity index (χ4v) is 4.53. The molecule has 5 aromatic rings. The lowest BCUT2D eigenvalue weighted by Gasteiger charge is -2.17.